The fourth-order valence-corrected chi connectivity index (χ4v) is 3.17. The normalized spacial score (nSPS) is 12.3. The lowest BCUT2D eigenvalue weighted by Crippen LogP contribution is -2.33. The maximum absolute atomic E-state index is 12.7. The fourth-order valence-electron chi connectivity index (χ4n) is 2.94. The van der Waals surface area contributed by atoms with Crippen LogP contribution in [0.2, 0.25) is 0 Å². The van der Waals surface area contributed by atoms with Crippen LogP contribution in [0.4, 0.5) is 18.9 Å². The number of halogens is 3. The van der Waals surface area contributed by atoms with Crippen LogP contribution in [0.1, 0.15) is 28.3 Å². The molecule has 1 unspecified atom stereocenters. The molecule has 0 heterocycles. The average Bonchev–Trinajstić information content (AvgIpc) is 2.67. The third kappa shape index (κ3) is 4.89. The van der Waals surface area contributed by atoms with E-state index in [1.165, 1.54) is 12.1 Å². The van der Waals surface area contributed by atoms with Crippen LogP contribution in [0, 0.1) is 6.92 Å². The van der Waals surface area contributed by atoms with Crippen LogP contribution in [0.15, 0.2) is 78.9 Å². The Bertz CT molecular complexity index is 938. The molecule has 0 aliphatic carbocycles. The lowest BCUT2D eigenvalue weighted by molar-refractivity contribution is -0.137. The first kappa shape index (κ1) is 19.9. The first-order valence-corrected chi connectivity index (χ1v) is 9.10. The highest BCUT2D eigenvalue weighted by Gasteiger charge is 2.30. The van der Waals surface area contributed by atoms with E-state index in [1.54, 1.807) is 0 Å². The zero-order valence-corrected chi connectivity index (χ0v) is 15.9. The second-order valence-corrected chi connectivity index (χ2v) is 6.78. The van der Waals surface area contributed by atoms with Gasteiger partial charge in [0.25, 0.3) is 0 Å². The zero-order valence-electron chi connectivity index (χ0n) is 15.1. The van der Waals surface area contributed by atoms with Gasteiger partial charge >= 0.3 is 6.18 Å². The summed E-state index contributed by atoms with van der Waals surface area (Å²) in [6.07, 6.45) is -4.36. The van der Waals surface area contributed by atoms with E-state index in [-0.39, 0.29) is 6.04 Å². The molecule has 3 aromatic carbocycles. The van der Waals surface area contributed by atoms with Gasteiger partial charge in [-0.3, -0.25) is 0 Å². The Hall–Kier alpha value is -2.86. The molecule has 2 nitrogen and oxygen atoms in total. The van der Waals surface area contributed by atoms with E-state index in [4.69, 9.17) is 12.2 Å². The van der Waals surface area contributed by atoms with Crippen molar-refractivity contribution in [2.24, 2.45) is 0 Å². The van der Waals surface area contributed by atoms with Crippen molar-refractivity contribution in [3.05, 3.63) is 101 Å². The molecule has 0 amide bonds. The Morgan fingerprint density at radius 3 is 2.07 bits per heavy atom. The van der Waals surface area contributed by atoms with Crippen molar-refractivity contribution in [3.63, 3.8) is 0 Å². The number of nitrogens with one attached hydrogen (secondary N) is 2. The summed E-state index contributed by atoms with van der Waals surface area (Å²) in [5.41, 5.74) is 3.01. The minimum atomic E-state index is -4.36. The summed E-state index contributed by atoms with van der Waals surface area (Å²) in [4.78, 5) is 0. The van der Waals surface area contributed by atoms with Crippen molar-refractivity contribution in [2.75, 3.05) is 5.32 Å². The van der Waals surface area contributed by atoms with Crippen LogP contribution >= 0.6 is 12.2 Å². The molecule has 2 N–H and O–H groups in total. The number of aryl methyl sites for hydroxylation is 1. The molecule has 0 aliphatic rings. The van der Waals surface area contributed by atoms with Crippen LogP contribution in [-0.4, -0.2) is 5.11 Å². The molecule has 3 aromatic rings. The van der Waals surface area contributed by atoms with Gasteiger partial charge in [-0.15, -0.1) is 0 Å². The van der Waals surface area contributed by atoms with Crippen molar-refractivity contribution >= 4 is 23.0 Å². The van der Waals surface area contributed by atoms with Gasteiger partial charge in [-0.25, -0.2) is 0 Å². The summed E-state index contributed by atoms with van der Waals surface area (Å²) < 4.78 is 38.1. The van der Waals surface area contributed by atoms with Gasteiger partial charge in [0.2, 0.25) is 0 Å². The highest BCUT2D eigenvalue weighted by atomic mass is 32.1. The molecular formula is C22H19F3N2S. The number of hydrogen-bond acceptors (Lipinski definition) is 1. The van der Waals surface area contributed by atoms with E-state index in [9.17, 15) is 13.2 Å². The Kier molecular flexibility index (Phi) is 5.99. The van der Waals surface area contributed by atoms with E-state index >= 15 is 0 Å². The first-order chi connectivity index (χ1) is 13.3. The first-order valence-electron chi connectivity index (χ1n) is 8.70. The molecule has 0 fully saturated rings. The van der Waals surface area contributed by atoms with Crippen molar-refractivity contribution in [1.82, 2.24) is 5.32 Å². The quantitative estimate of drug-likeness (QED) is 0.518. The molecule has 1 atom stereocenters. The molecule has 3 rings (SSSR count). The predicted octanol–water partition coefficient (Wildman–Crippen LogP) is 6.09. The van der Waals surface area contributed by atoms with Gasteiger partial charge in [0.15, 0.2) is 5.11 Å². The van der Waals surface area contributed by atoms with Gasteiger partial charge in [0, 0.05) is 5.69 Å². The SMILES string of the molecule is Cc1ccccc1C(NC(=S)Nc1ccc(C(F)(F)F)cc1)c1ccccc1. The van der Waals surface area contributed by atoms with Crippen molar-refractivity contribution in [3.8, 4) is 0 Å². The van der Waals surface area contributed by atoms with Crippen LogP contribution in [0.5, 0.6) is 0 Å². The molecule has 0 radical (unpaired) electrons. The molecule has 0 aliphatic heterocycles. The van der Waals surface area contributed by atoms with E-state index in [1.807, 2.05) is 61.5 Å². The Labute approximate surface area is 167 Å². The lowest BCUT2D eigenvalue weighted by Gasteiger charge is -2.23. The molecule has 144 valence electrons. The minimum absolute atomic E-state index is 0.183. The number of rotatable bonds is 4. The van der Waals surface area contributed by atoms with Crippen LogP contribution in [0.3, 0.4) is 0 Å². The van der Waals surface area contributed by atoms with Gasteiger partial charge in [0.1, 0.15) is 0 Å². The maximum Gasteiger partial charge on any atom is 0.416 e. The Balaban J connectivity index is 1.79. The highest BCUT2D eigenvalue weighted by Crippen LogP contribution is 2.30. The van der Waals surface area contributed by atoms with Crippen LogP contribution in [-0.2, 0) is 6.18 Å². The van der Waals surface area contributed by atoms with Crippen LogP contribution in [0.25, 0.3) is 0 Å². The largest absolute Gasteiger partial charge is 0.416 e. The van der Waals surface area contributed by atoms with Gasteiger partial charge < -0.3 is 10.6 Å². The Morgan fingerprint density at radius 1 is 0.857 bits per heavy atom. The monoisotopic (exact) mass is 400 g/mol. The molecule has 0 saturated carbocycles. The third-order valence-corrected chi connectivity index (χ3v) is 4.60. The van der Waals surface area contributed by atoms with Gasteiger partial charge in [-0.05, 0) is 60.1 Å². The molecule has 0 spiro atoms. The number of anilines is 1. The van der Waals surface area contributed by atoms with E-state index in [2.05, 4.69) is 10.6 Å². The summed E-state index contributed by atoms with van der Waals surface area (Å²) in [5.74, 6) is 0. The second-order valence-electron chi connectivity index (χ2n) is 6.37. The van der Waals surface area contributed by atoms with E-state index in [0.717, 1.165) is 28.8 Å². The van der Waals surface area contributed by atoms with Crippen molar-refractivity contribution in [2.45, 2.75) is 19.1 Å². The van der Waals surface area contributed by atoms with E-state index in [0.29, 0.717) is 10.8 Å². The molecule has 6 heteroatoms. The molecule has 0 bridgehead atoms. The van der Waals surface area contributed by atoms with Gasteiger partial charge in [-0.1, -0.05) is 54.6 Å². The summed E-state index contributed by atoms with van der Waals surface area (Å²) in [6.45, 7) is 2.03. The predicted molar refractivity (Wildman–Crippen MR) is 110 cm³/mol. The smallest absolute Gasteiger partial charge is 0.352 e. The standard InChI is InChI=1S/C22H19F3N2S/c1-15-7-5-6-10-19(15)20(16-8-3-2-4-9-16)27-21(28)26-18-13-11-17(12-14-18)22(23,24)25/h2-14,20H,1H3,(H2,26,27,28). The summed E-state index contributed by atoms with van der Waals surface area (Å²) in [5, 5.41) is 6.58. The number of hydrogen-bond donors (Lipinski definition) is 2. The summed E-state index contributed by atoms with van der Waals surface area (Å²) in [6, 6.07) is 22.4. The number of benzene rings is 3. The van der Waals surface area contributed by atoms with Gasteiger partial charge in [0.05, 0.1) is 11.6 Å². The summed E-state index contributed by atoms with van der Waals surface area (Å²) >= 11 is 5.42. The fraction of sp³-hybridized carbons (Fsp3) is 0.136. The third-order valence-electron chi connectivity index (χ3n) is 4.38. The molecule has 0 aromatic heterocycles. The summed E-state index contributed by atoms with van der Waals surface area (Å²) in [7, 11) is 0. The molecule has 0 saturated heterocycles. The van der Waals surface area contributed by atoms with Crippen molar-refractivity contribution in [1.29, 1.82) is 0 Å². The van der Waals surface area contributed by atoms with Gasteiger partial charge in [-0.2, -0.15) is 13.2 Å². The molecule has 28 heavy (non-hydrogen) atoms. The van der Waals surface area contributed by atoms with Crippen molar-refractivity contribution < 1.29 is 13.2 Å². The number of alkyl halides is 3. The molecular weight excluding hydrogens is 381 g/mol. The average molecular weight is 400 g/mol. The Morgan fingerprint density at radius 2 is 1.46 bits per heavy atom. The maximum atomic E-state index is 12.7. The van der Waals surface area contributed by atoms with Crippen LogP contribution < -0.4 is 10.6 Å². The lowest BCUT2D eigenvalue weighted by atomic mass is 9.95. The van der Waals surface area contributed by atoms with E-state index < -0.39 is 11.7 Å². The number of thiocarbonyl (C=S) groups is 1. The zero-order chi connectivity index (χ0) is 20.1. The minimum Gasteiger partial charge on any atom is -0.352 e. The highest BCUT2D eigenvalue weighted by molar-refractivity contribution is 7.80. The second kappa shape index (κ2) is 8.44. The topological polar surface area (TPSA) is 24.1 Å².